The fourth-order valence-corrected chi connectivity index (χ4v) is 1.28. The molecule has 8 nitrogen and oxygen atoms in total. The molecular formula is C7H4N4O4. The van der Waals surface area contributed by atoms with Crippen LogP contribution in [0.25, 0.3) is 11.0 Å². The van der Waals surface area contributed by atoms with E-state index in [4.69, 9.17) is 0 Å². The molecule has 0 atom stereocenters. The summed E-state index contributed by atoms with van der Waals surface area (Å²) < 4.78 is 0.356. The summed E-state index contributed by atoms with van der Waals surface area (Å²) in [6.45, 7) is 0. The van der Waals surface area contributed by atoms with E-state index in [1.807, 2.05) is 0 Å². The van der Waals surface area contributed by atoms with Crippen molar-refractivity contribution in [1.29, 1.82) is 0 Å². The average molecular weight is 208 g/mol. The van der Waals surface area contributed by atoms with Crippen LogP contribution in [0.2, 0.25) is 0 Å². The van der Waals surface area contributed by atoms with Crippen molar-refractivity contribution in [2.45, 2.75) is 0 Å². The van der Waals surface area contributed by atoms with Gasteiger partial charge in [-0.3, -0.25) is 0 Å². The van der Waals surface area contributed by atoms with Gasteiger partial charge in [0.1, 0.15) is 0 Å². The van der Waals surface area contributed by atoms with Gasteiger partial charge in [-0.05, 0) is 17.1 Å². The Morgan fingerprint density at radius 2 is 1.87 bits per heavy atom. The van der Waals surface area contributed by atoms with Gasteiger partial charge < -0.3 is 10.1 Å². The SMILES string of the molecule is O=[N+]([O-])c1nc2ccccc2n1[N+](=O)[O-]. The van der Waals surface area contributed by atoms with Crippen LogP contribution < -0.4 is 0 Å². The molecule has 0 saturated heterocycles. The number of nitro groups is 2. The molecule has 15 heavy (non-hydrogen) atoms. The lowest BCUT2D eigenvalue weighted by Crippen LogP contribution is -2.11. The fraction of sp³-hybridized carbons (Fsp3) is 0. The quantitative estimate of drug-likeness (QED) is 0.540. The molecule has 1 heterocycles. The Balaban J connectivity index is 2.86. The number of imidazole rings is 1. The number of aromatic nitrogens is 2. The molecule has 0 radical (unpaired) electrons. The van der Waals surface area contributed by atoms with Gasteiger partial charge in [-0.25, -0.2) is 10.1 Å². The predicted octanol–water partition coefficient (Wildman–Crippen LogP) is 0.984. The summed E-state index contributed by atoms with van der Waals surface area (Å²) in [5.74, 6) is -0.791. The third-order valence-corrected chi connectivity index (χ3v) is 1.85. The lowest BCUT2D eigenvalue weighted by atomic mass is 10.3. The van der Waals surface area contributed by atoms with Gasteiger partial charge in [-0.15, -0.1) is 0 Å². The van der Waals surface area contributed by atoms with Crippen molar-refractivity contribution < 1.29 is 9.96 Å². The lowest BCUT2D eigenvalue weighted by Gasteiger charge is -1.90. The molecule has 0 N–H and O–H groups in total. The highest BCUT2D eigenvalue weighted by Gasteiger charge is 2.29. The molecule has 2 aromatic rings. The van der Waals surface area contributed by atoms with Crippen LogP contribution in [0.4, 0.5) is 5.95 Å². The highest BCUT2D eigenvalue weighted by atomic mass is 16.7. The first kappa shape index (κ1) is 9.06. The highest BCUT2D eigenvalue weighted by Crippen LogP contribution is 2.20. The maximum Gasteiger partial charge on any atom is 0.498 e. The molecule has 0 aliphatic carbocycles. The molecular weight excluding hydrogens is 204 g/mol. The Hall–Kier alpha value is -2.51. The molecule has 1 aromatic carbocycles. The number of nitrogens with zero attached hydrogens (tertiary/aromatic N) is 4. The zero-order chi connectivity index (χ0) is 11.0. The smallest absolute Gasteiger partial charge is 0.390 e. The van der Waals surface area contributed by atoms with E-state index in [1.165, 1.54) is 12.1 Å². The van der Waals surface area contributed by atoms with E-state index in [-0.39, 0.29) is 11.0 Å². The Bertz CT molecular complexity index is 561. The molecule has 2 rings (SSSR count). The minimum absolute atomic E-state index is 0.106. The summed E-state index contributed by atoms with van der Waals surface area (Å²) in [5.41, 5.74) is 0.329. The van der Waals surface area contributed by atoms with E-state index in [0.29, 0.717) is 4.68 Å². The number of rotatable bonds is 2. The van der Waals surface area contributed by atoms with E-state index in [2.05, 4.69) is 4.98 Å². The first-order chi connectivity index (χ1) is 7.11. The maximum absolute atomic E-state index is 10.6. The molecule has 1 aromatic heterocycles. The summed E-state index contributed by atoms with van der Waals surface area (Å²) in [6, 6.07) is 6.03. The third-order valence-electron chi connectivity index (χ3n) is 1.85. The molecule has 0 aliphatic heterocycles. The van der Waals surface area contributed by atoms with Crippen LogP contribution in [0.3, 0.4) is 0 Å². The van der Waals surface area contributed by atoms with Crippen molar-refractivity contribution in [3.05, 3.63) is 44.5 Å². The molecule has 76 valence electrons. The first-order valence-electron chi connectivity index (χ1n) is 3.88. The van der Waals surface area contributed by atoms with E-state index in [0.717, 1.165) is 0 Å². The van der Waals surface area contributed by atoms with Gasteiger partial charge in [0, 0.05) is 0 Å². The number of para-hydroxylation sites is 2. The topological polar surface area (TPSA) is 104 Å². The van der Waals surface area contributed by atoms with Crippen molar-refractivity contribution in [3.63, 3.8) is 0 Å². The van der Waals surface area contributed by atoms with E-state index >= 15 is 0 Å². The van der Waals surface area contributed by atoms with Gasteiger partial charge in [-0.2, -0.15) is 0 Å². The van der Waals surface area contributed by atoms with Gasteiger partial charge in [0.05, 0.1) is 4.68 Å². The zero-order valence-corrected chi connectivity index (χ0v) is 7.23. The van der Waals surface area contributed by atoms with Crippen molar-refractivity contribution in [2.24, 2.45) is 0 Å². The monoisotopic (exact) mass is 208 g/mol. The van der Waals surface area contributed by atoms with Gasteiger partial charge >= 0.3 is 5.95 Å². The standard InChI is InChI=1S/C7H4N4O4/c12-10(13)7-8-5-3-1-2-4-6(5)9(7)11(14)15/h1-4H. The second-order valence-electron chi connectivity index (χ2n) is 2.71. The lowest BCUT2D eigenvalue weighted by molar-refractivity contribution is -0.557. The van der Waals surface area contributed by atoms with E-state index in [9.17, 15) is 20.2 Å². The summed E-state index contributed by atoms with van der Waals surface area (Å²) in [7, 11) is 0. The molecule has 0 saturated carbocycles. The van der Waals surface area contributed by atoms with Crippen molar-refractivity contribution in [2.75, 3.05) is 0 Å². The molecule has 0 bridgehead atoms. The van der Waals surface area contributed by atoms with Crippen LogP contribution in [-0.4, -0.2) is 19.6 Å². The summed E-state index contributed by atoms with van der Waals surface area (Å²) >= 11 is 0. The zero-order valence-electron chi connectivity index (χ0n) is 7.23. The number of fused-ring (bicyclic) bond motifs is 1. The van der Waals surface area contributed by atoms with Crippen LogP contribution in [0.5, 0.6) is 0 Å². The van der Waals surface area contributed by atoms with Crippen LogP contribution >= 0.6 is 0 Å². The fourth-order valence-electron chi connectivity index (χ4n) is 1.28. The molecule has 0 spiro atoms. The first-order valence-corrected chi connectivity index (χ1v) is 3.88. The minimum Gasteiger partial charge on any atom is -0.390 e. The van der Waals surface area contributed by atoms with Gasteiger partial charge in [0.2, 0.25) is 10.5 Å². The largest absolute Gasteiger partial charge is 0.498 e. The maximum atomic E-state index is 10.6. The summed E-state index contributed by atoms with van der Waals surface area (Å²) in [5, 5.41) is 20.3. The number of hydrogen-bond acceptors (Lipinski definition) is 5. The van der Waals surface area contributed by atoms with E-state index in [1.54, 1.807) is 12.1 Å². The van der Waals surface area contributed by atoms with Crippen LogP contribution in [0.1, 0.15) is 0 Å². The average Bonchev–Trinajstić information content (AvgIpc) is 2.56. The predicted molar refractivity (Wildman–Crippen MR) is 48.8 cm³/mol. The van der Waals surface area contributed by atoms with Gasteiger partial charge in [-0.1, -0.05) is 17.1 Å². The third kappa shape index (κ3) is 1.27. The van der Waals surface area contributed by atoms with Crippen LogP contribution in [0.15, 0.2) is 24.3 Å². The van der Waals surface area contributed by atoms with Crippen molar-refractivity contribution in [1.82, 2.24) is 9.66 Å². The molecule has 0 aliphatic rings. The Morgan fingerprint density at radius 1 is 1.20 bits per heavy atom. The van der Waals surface area contributed by atoms with Gasteiger partial charge in [0.25, 0.3) is 0 Å². The number of benzene rings is 1. The van der Waals surface area contributed by atoms with Gasteiger partial charge in [0.15, 0.2) is 5.52 Å². The molecule has 8 heteroatoms. The Kier molecular flexibility index (Phi) is 1.82. The van der Waals surface area contributed by atoms with Crippen molar-refractivity contribution >= 4 is 17.0 Å². The minimum atomic E-state index is -0.886. The van der Waals surface area contributed by atoms with Crippen molar-refractivity contribution in [3.8, 4) is 0 Å². The molecule has 0 amide bonds. The Labute approximate surface area is 82.0 Å². The van der Waals surface area contributed by atoms with E-state index < -0.39 is 15.9 Å². The molecule has 0 fully saturated rings. The second kappa shape index (κ2) is 3.01. The normalized spacial score (nSPS) is 10.4. The second-order valence-corrected chi connectivity index (χ2v) is 2.71. The molecule has 0 unspecified atom stereocenters. The number of hydrogen-bond donors (Lipinski definition) is 0. The Morgan fingerprint density at radius 3 is 2.47 bits per heavy atom. The highest BCUT2D eigenvalue weighted by molar-refractivity contribution is 5.76. The van der Waals surface area contributed by atoms with Crippen LogP contribution in [-0.2, 0) is 0 Å². The summed E-state index contributed by atoms with van der Waals surface area (Å²) in [4.78, 5) is 23.8. The van der Waals surface area contributed by atoms with Crippen LogP contribution in [0, 0.1) is 20.2 Å². The summed E-state index contributed by atoms with van der Waals surface area (Å²) in [6.07, 6.45) is 0.